The molecule has 0 radical (unpaired) electrons. The molecule has 0 bridgehead atoms. The van der Waals surface area contributed by atoms with E-state index in [9.17, 15) is 0 Å². The van der Waals surface area contributed by atoms with E-state index in [0.717, 1.165) is 18.9 Å². The molecule has 0 saturated carbocycles. The Balaban J connectivity index is 2.26. The van der Waals surface area contributed by atoms with Crippen molar-refractivity contribution >= 4 is 11.5 Å². The van der Waals surface area contributed by atoms with Crippen LogP contribution in [-0.2, 0) is 4.74 Å². The van der Waals surface area contributed by atoms with Crippen LogP contribution >= 0.6 is 0 Å². The molecular weight excluding hydrogens is 218 g/mol. The molecule has 2 unspecified atom stereocenters. The van der Waals surface area contributed by atoms with Gasteiger partial charge >= 0.3 is 0 Å². The van der Waals surface area contributed by atoms with E-state index in [0.29, 0.717) is 11.6 Å². The van der Waals surface area contributed by atoms with Crippen molar-refractivity contribution < 1.29 is 9.47 Å². The van der Waals surface area contributed by atoms with Crippen molar-refractivity contribution in [1.82, 2.24) is 4.98 Å². The van der Waals surface area contributed by atoms with Gasteiger partial charge in [0.25, 0.3) is 0 Å². The molecule has 5 heteroatoms. The van der Waals surface area contributed by atoms with E-state index in [-0.39, 0.29) is 12.2 Å². The monoisotopic (exact) mass is 237 g/mol. The smallest absolute Gasteiger partial charge is 0.215 e. The molecule has 1 saturated heterocycles. The molecule has 1 aromatic rings. The molecule has 1 aromatic heterocycles. The van der Waals surface area contributed by atoms with Crippen LogP contribution in [0.2, 0.25) is 0 Å². The predicted molar refractivity (Wildman–Crippen MR) is 67.4 cm³/mol. The molecule has 0 amide bonds. The van der Waals surface area contributed by atoms with Gasteiger partial charge in [-0.2, -0.15) is 4.98 Å². The molecule has 0 aliphatic carbocycles. The molecule has 2 N–H and O–H groups in total. The third-order valence-corrected chi connectivity index (χ3v) is 2.81. The summed E-state index contributed by atoms with van der Waals surface area (Å²) in [4.78, 5) is 6.56. The first-order chi connectivity index (χ1) is 8.10. The van der Waals surface area contributed by atoms with Crippen LogP contribution in [0.15, 0.2) is 12.1 Å². The number of hydrogen-bond donors (Lipinski definition) is 1. The van der Waals surface area contributed by atoms with Crippen molar-refractivity contribution in [2.45, 2.75) is 26.1 Å². The topological polar surface area (TPSA) is 60.6 Å². The SMILES string of the molecule is COc1ccc(N)c(N2CC(C)OC(C)C2)n1. The highest BCUT2D eigenvalue weighted by Crippen LogP contribution is 2.26. The number of nitrogens with zero attached hydrogens (tertiary/aromatic N) is 2. The van der Waals surface area contributed by atoms with Crippen molar-refractivity contribution in [3.63, 3.8) is 0 Å². The van der Waals surface area contributed by atoms with Crippen LogP contribution in [0, 0.1) is 0 Å². The van der Waals surface area contributed by atoms with Crippen molar-refractivity contribution in [3.8, 4) is 5.88 Å². The lowest BCUT2D eigenvalue weighted by Crippen LogP contribution is -2.46. The van der Waals surface area contributed by atoms with Gasteiger partial charge in [0.1, 0.15) is 0 Å². The number of methoxy groups -OCH3 is 1. The fourth-order valence-corrected chi connectivity index (χ4v) is 2.16. The number of ether oxygens (including phenoxy) is 2. The fourth-order valence-electron chi connectivity index (χ4n) is 2.16. The van der Waals surface area contributed by atoms with Gasteiger partial charge < -0.3 is 20.1 Å². The van der Waals surface area contributed by atoms with Crippen molar-refractivity contribution in [2.24, 2.45) is 0 Å². The highest BCUT2D eigenvalue weighted by atomic mass is 16.5. The summed E-state index contributed by atoms with van der Waals surface area (Å²) >= 11 is 0. The second-order valence-electron chi connectivity index (χ2n) is 4.43. The average molecular weight is 237 g/mol. The summed E-state index contributed by atoms with van der Waals surface area (Å²) in [5.41, 5.74) is 6.64. The largest absolute Gasteiger partial charge is 0.481 e. The second-order valence-corrected chi connectivity index (χ2v) is 4.43. The number of pyridine rings is 1. The van der Waals surface area contributed by atoms with E-state index in [4.69, 9.17) is 15.2 Å². The molecule has 2 heterocycles. The van der Waals surface area contributed by atoms with Crippen LogP contribution < -0.4 is 15.4 Å². The highest BCUT2D eigenvalue weighted by Gasteiger charge is 2.24. The molecule has 1 fully saturated rings. The number of nitrogens with two attached hydrogens (primary N) is 1. The predicted octanol–water partition coefficient (Wildman–Crippen LogP) is 1.29. The molecule has 1 aliphatic rings. The van der Waals surface area contributed by atoms with Crippen LogP contribution in [0.3, 0.4) is 0 Å². The lowest BCUT2D eigenvalue weighted by atomic mass is 10.2. The van der Waals surface area contributed by atoms with Gasteiger partial charge in [0.05, 0.1) is 25.0 Å². The Kier molecular flexibility index (Phi) is 3.38. The average Bonchev–Trinajstić information content (AvgIpc) is 2.28. The van der Waals surface area contributed by atoms with Gasteiger partial charge in [-0.1, -0.05) is 0 Å². The summed E-state index contributed by atoms with van der Waals surface area (Å²) in [7, 11) is 1.60. The van der Waals surface area contributed by atoms with Crippen molar-refractivity contribution in [3.05, 3.63) is 12.1 Å². The summed E-state index contributed by atoms with van der Waals surface area (Å²) < 4.78 is 10.8. The Morgan fingerprint density at radius 1 is 1.35 bits per heavy atom. The number of morpholine rings is 1. The number of hydrogen-bond acceptors (Lipinski definition) is 5. The Morgan fingerprint density at radius 3 is 2.59 bits per heavy atom. The Labute approximate surface area is 102 Å². The van der Waals surface area contributed by atoms with E-state index in [1.165, 1.54) is 0 Å². The van der Waals surface area contributed by atoms with Crippen LogP contribution in [0.5, 0.6) is 5.88 Å². The Hall–Kier alpha value is -1.49. The van der Waals surface area contributed by atoms with Gasteiger partial charge in [0.15, 0.2) is 5.82 Å². The summed E-state index contributed by atoms with van der Waals surface area (Å²) in [6, 6.07) is 3.60. The minimum atomic E-state index is 0.186. The van der Waals surface area contributed by atoms with Gasteiger partial charge in [0.2, 0.25) is 5.88 Å². The normalized spacial score (nSPS) is 24.8. The van der Waals surface area contributed by atoms with Crippen LogP contribution in [0.1, 0.15) is 13.8 Å². The third-order valence-electron chi connectivity index (χ3n) is 2.81. The van der Waals surface area contributed by atoms with Gasteiger partial charge in [-0.05, 0) is 19.9 Å². The first-order valence-electron chi connectivity index (χ1n) is 5.81. The van der Waals surface area contributed by atoms with Crippen LogP contribution in [-0.4, -0.2) is 37.4 Å². The molecule has 0 aromatic carbocycles. The minimum absolute atomic E-state index is 0.186. The first-order valence-corrected chi connectivity index (χ1v) is 5.81. The Morgan fingerprint density at radius 2 is 2.00 bits per heavy atom. The van der Waals surface area contributed by atoms with Crippen LogP contribution in [0.25, 0.3) is 0 Å². The maximum Gasteiger partial charge on any atom is 0.215 e. The third kappa shape index (κ3) is 2.61. The summed E-state index contributed by atoms with van der Waals surface area (Å²) in [6.45, 7) is 5.71. The quantitative estimate of drug-likeness (QED) is 0.839. The zero-order valence-electron chi connectivity index (χ0n) is 10.5. The molecule has 17 heavy (non-hydrogen) atoms. The number of rotatable bonds is 2. The summed E-state index contributed by atoms with van der Waals surface area (Å²) in [6.07, 6.45) is 0.373. The molecule has 94 valence electrons. The molecule has 0 spiro atoms. The zero-order valence-corrected chi connectivity index (χ0v) is 10.5. The van der Waals surface area contributed by atoms with Gasteiger partial charge in [0, 0.05) is 19.2 Å². The van der Waals surface area contributed by atoms with Gasteiger partial charge in [-0.15, -0.1) is 0 Å². The number of aromatic nitrogens is 1. The Bertz CT molecular complexity index is 387. The van der Waals surface area contributed by atoms with Crippen molar-refractivity contribution in [1.29, 1.82) is 0 Å². The molecule has 2 rings (SSSR count). The summed E-state index contributed by atoms with van der Waals surface area (Å²) in [5.74, 6) is 1.37. The summed E-state index contributed by atoms with van der Waals surface area (Å²) in [5, 5.41) is 0. The minimum Gasteiger partial charge on any atom is -0.481 e. The van der Waals surface area contributed by atoms with Gasteiger partial charge in [-0.3, -0.25) is 0 Å². The zero-order chi connectivity index (χ0) is 12.4. The van der Waals surface area contributed by atoms with E-state index in [2.05, 4.69) is 23.7 Å². The molecular formula is C12H19N3O2. The van der Waals surface area contributed by atoms with Crippen molar-refractivity contribution in [2.75, 3.05) is 30.8 Å². The van der Waals surface area contributed by atoms with E-state index in [1.54, 1.807) is 13.2 Å². The van der Waals surface area contributed by atoms with E-state index < -0.39 is 0 Å². The lowest BCUT2D eigenvalue weighted by molar-refractivity contribution is -0.00543. The van der Waals surface area contributed by atoms with E-state index >= 15 is 0 Å². The molecule has 5 nitrogen and oxygen atoms in total. The van der Waals surface area contributed by atoms with Crippen LogP contribution in [0.4, 0.5) is 11.5 Å². The first kappa shape index (κ1) is 12.0. The lowest BCUT2D eigenvalue weighted by Gasteiger charge is -2.36. The highest BCUT2D eigenvalue weighted by molar-refractivity contribution is 5.63. The maximum absolute atomic E-state index is 5.97. The molecule has 1 aliphatic heterocycles. The molecule has 2 atom stereocenters. The van der Waals surface area contributed by atoms with Gasteiger partial charge in [-0.25, -0.2) is 0 Å². The fraction of sp³-hybridized carbons (Fsp3) is 0.583. The second kappa shape index (κ2) is 4.79. The van der Waals surface area contributed by atoms with E-state index in [1.807, 2.05) is 6.07 Å². The number of anilines is 2. The maximum atomic E-state index is 5.97. The number of nitrogen functional groups attached to an aromatic ring is 1. The standard InChI is InChI=1S/C12H19N3O2/c1-8-6-15(7-9(2)17-8)12-10(13)4-5-11(14-12)16-3/h4-5,8-9H,6-7,13H2,1-3H3.